The normalized spacial score (nSPS) is 10.7. The van der Waals surface area contributed by atoms with Crippen molar-refractivity contribution in [2.24, 2.45) is 0 Å². The van der Waals surface area contributed by atoms with Crippen molar-refractivity contribution in [3.8, 4) is 5.75 Å². The van der Waals surface area contributed by atoms with Gasteiger partial charge in [-0.1, -0.05) is 36.4 Å². The number of nitrogens with zero attached hydrogens (tertiary/aromatic N) is 2. The van der Waals surface area contributed by atoms with Crippen molar-refractivity contribution >= 4 is 46.8 Å². The van der Waals surface area contributed by atoms with Crippen molar-refractivity contribution in [1.29, 1.82) is 0 Å². The molecule has 12 nitrogen and oxygen atoms in total. The van der Waals surface area contributed by atoms with Gasteiger partial charge < -0.3 is 29.7 Å². The average molecular weight is 605 g/mol. The number of carbonyl (C=O) groups excluding carboxylic acids is 5. The van der Waals surface area contributed by atoms with Crippen molar-refractivity contribution in [3.63, 3.8) is 0 Å². The van der Waals surface area contributed by atoms with Gasteiger partial charge in [-0.05, 0) is 63.2 Å². The zero-order chi connectivity index (χ0) is 32.3. The smallest absolute Gasteiger partial charge is 0.337 e. The minimum Gasteiger partial charge on any atom is -0.482 e. The van der Waals surface area contributed by atoms with Gasteiger partial charge in [-0.3, -0.25) is 19.3 Å². The zero-order valence-corrected chi connectivity index (χ0v) is 25.3. The average Bonchev–Trinajstić information content (AvgIpc) is 3.00. The van der Waals surface area contributed by atoms with E-state index in [4.69, 9.17) is 14.2 Å². The minimum absolute atomic E-state index is 0.170. The summed E-state index contributed by atoms with van der Waals surface area (Å²) in [6.07, 6.45) is 0. The van der Waals surface area contributed by atoms with Crippen LogP contribution in [0.3, 0.4) is 0 Å². The number of urea groups is 1. The van der Waals surface area contributed by atoms with Crippen molar-refractivity contribution in [2.45, 2.75) is 26.4 Å². The molecule has 0 aliphatic heterocycles. The van der Waals surface area contributed by atoms with Crippen LogP contribution >= 0.6 is 0 Å². The molecule has 4 amide bonds. The highest BCUT2D eigenvalue weighted by Crippen LogP contribution is 2.29. The van der Waals surface area contributed by atoms with Gasteiger partial charge >= 0.3 is 18.0 Å². The Morgan fingerprint density at radius 2 is 1.52 bits per heavy atom. The molecule has 2 N–H and O–H groups in total. The van der Waals surface area contributed by atoms with E-state index >= 15 is 0 Å². The van der Waals surface area contributed by atoms with Crippen molar-refractivity contribution in [2.75, 3.05) is 49.0 Å². The van der Waals surface area contributed by atoms with Gasteiger partial charge in [0.1, 0.15) is 17.9 Å². The second-order valence-electron chi connectivity index (χ2n) is 10.5. The fourth-order valence-electron chi connectivity index (χ4n) is 3.91. The van der Waals surface area contributed by atoms with Gasteiger partial charge in [0.2, 0.25) is 5.91 Å². The number of methoxy groups -OCH3 is 1. The SMILES string of the molecule is COC(=O)c1cccc(NC(=O)NCC(=O)N(CC(=O)OC(C)(C)C)c2ccccc2OCC(=O)N(C)c2ccccc2)c1. The topological polar surface area (TPSA) is 144 Å². The Labute approximate surface area is 255 Å². The van der Waals surface area contributed by atoms with E-state index in [0.717, 1.165) is 4.90 Å². The third-order valence-corrected chi connectivity index (χ3v) is 5.97. The number of amides is 4. The second kappa shape index (κ2) is 15.2. The van der Waals surface area contributed by atoms with Crippen LogP contribution in [0.4, 0.5) is 21.9 Å². The van der Waals surface area contributed by atoms with E-state index in [1.165, 1.54) is 24.1 Å². The maximum absolute atomic E-state index is 13.5. The van der Waals surface area contributed by atoms with Gasteiger partial charge in [0.15, 0.2) is 6.61 Å². The molecule has 0 fully saturated rings. The molecule has 12 heteroatoms. The Morgan fingerprint density at radius 3 is 2.20 bits per heavy atom. The largest absolute Gasteiger partial charge is 0.482 e. The molecule has 0 bridgehead atoms. The number of likely N-dealkylation sites (N-methyl/N-ethyl adjacent to an activating group) is 1. The summed E-state index contributed by atoms with van der Waals surface area (Å²) in [5.74, 6) is -2.09. The summed E-state index contributed by atoms with van der Waals surface area (Å²) in [5.41, 5.74) is 0.596. The molecule has 0 saturated heterocycles. The fraction of sp³-hybridized carbons (Fsp3) is 0.281. The van der Waals surface area contributed by atoms with E-state index in [1.807, 2.05) is 18.2 Å². The molecule has 0 spiro atoms. The number of hydrogen-bond donors (Lipinski definition) is 2. The van der Waals surface area contributed by atoms with Crippen LogP contribution in [-0.2, 0) is 23.9 Å². The number of anilines is 3. The van der Waals surface area contributed by atoms with E-state index in [2.05, 4.69) is 10.6 Å². The molecule has 3 aromatic carbocycles. The molecule has 0 atom stereocenters. The maximum Gasteiger partial charge on any atom is 0.337 e. The maximum atomic E-state index is 13.5. The van der Waals surface area contributed by atoms with Crippen molar-refractivity contribution in [1.82, 2.24) is 5.32 Å². The number of rotatable bonds is 11. The Morgan fingerprint density at radius 1 is 0.841 bits per heavy atom. The van der Waals surface area contributed by atoms with E-state index in [1.54, 1.807) is 76.3 Å². The third-order valence-electron chi connectivity index (χ3n) is 5.97. The van der Waals surface area contributed by atoms with Gasteiger partial charge in [-0.15, -0.1) is 0 Å². The van der Waals surface area contributed by atoms with Crippen LogP contribution < -0.4 is 25.2 Å². The predicted octanol–water partition coefficient (Wildman–Crippen LogP) is 4.01. The Hall–Kier alpha value is -5.39. The first-order valence-corrected chi connectivity index (χ1v) is 13.7. The van der Waals surface area contributed by atoms with E-state index < -0.39 is 42.6 Å². The highest BCUT2D eigenvalue weighted by molar-refractivity contribution is 6.02. The summed E-state index contributed by atoms with van der Waals surface area (Å²) in [7, 11) is 2.86. The highest BCUT2D eigenvalue weighted by atomic mass is 16.6. The lowest BCUT2D eigenvalue weighted by Gasteiger charge is -2.27. The fourth-order valence-corrected chi connectivity index (χ4v) is 3.91. The van der Waals surface area contributed by atoms with Gasteiger partial charge in [0.05, 0.1) is 24.9 Å². The second-order valence-corrected chi connectivity index (χ2v) is 10.5. The standard InChI is InChI=1S/C32H36N4O8/c1-32(2,3)44-29(39)20-36(27(37)19-33-31(41)34-23-13-11-12-22(18-23)30(40)42-5)25-16-9-10-17-26(25)43-21-28(38)35(4)24-14-7-6-8-15-24/h6-18H,19-21H2,1-5H3,(H2,33,34,41). The van der Waals surface area contributed by atoms with Crippen LogP contribution in [0, 0.1) is 0 Å². The Kier molecular flexibility index (Phi) is 11.4. The van der Waals surface area contributed by atoms with Crippen LogP contribution in [0.15, 0.2) is 78.9 Å². The molecular formula is C32H36N4O8. The molecule has 0 heterocycles. The molecule has 232 valence electrons. The summed E-state index contributed by atoms with van der Waals surface area (Å²) in [4.78, 5) is 66.0. The molecule has 0 unspecified atom stereocenters. The summed E-state index contributed by atoms with van der Waals surface area (Å²) in [5, 5.41) is 5.01. The van der Waals surface area contributed by atoms with Gasteiger partial charge in [0, 0.05) is 18.4 Å². The monoisotopic (exact) mass is 604 g/mol. The third kappa shape index (κ3) is 9.86. The van der Waals surface area contributed by atoms with Crippen LogP contribution in [0.2, 0.25) is 0 Å². The van der Waals surface area contributed by atoms with Gasteiger partial charge in [-0.2, -0.15) is 0 Å². The summed E-state index contributed by atoms with van der Waals surface area (Å²) in [6.45, 7) is 3.76. The lowest BCUT2D eigenvalue weighted by Crippen LogP contribution is -2.45. The minimum atomic E-state index is -0.812. The molecule has 44 heavy (non-hydrogen) atoms. The number of para-hydroxylation sites is 3. The van der Waals surface area contributed by atoms with Gasteiger partial charge in [-0.25, -0.2) is 9.59 Å². The van der Waals surface area contributed by atoms with Crippen molar-refractivity contribution < 1.29 is 38.2 Å². The molecule has 0 aliphatic carbocycles. The van der Waals surface area contributed by atoms with E-state index in [0.29, 0.717) is 11.4 Å². The van der Waals surface area contributed by atoms with Crippen molar-refractivity contribution in [3.05, 3.63) is 84.4 Å². The number of carbonyl (C=O) groups is 5. The van der Waals surface area contributed by atoms with Gasteiger partial charge in [0.25, 0.3) is 5.91 Å². The van der Waals surface area contributed by atoms with Crippen LogP contribution in [0.25, 0.3) is 0 Å². The molecular weight excluding hydrogens is 568 g/mol. The molecule has 0 aromatic heterocycles. The first-order chi connectivity index (χ1) is 20.9. The lowest BCUT2D eigenvalue weighted by molar-refractivity contribution is -0.153. The molecule has 0 saturated carbocycles. The summed E-state index contributed by atoms with van der Waals surface area (Å²) in [6, 6.07) is 20.8. The number of ether oxygens (including phenoxy) is 3. The zero-order valence-electron chi connectivity index (χ0n) is 25.3. The summed E-state index contributed by atoms with van der Waals surface area (Å²) >= 11 is 0. The summed E-state index contributed by atoms with van der Waals surface area (Å²) < 4.78 is 15.9. The number of hydrogen-bond acceptors (Lipinski definition) is 8. The van der Waals surface area contributed by atoms with Crippen LogP contribution in [0.5, 0.6) is 5.75 Å². The van der Waals surface area contributed by atoms with E-state index in [9.17, 15) is 24.0 Å². The number of nitrogens with one attached hydrogen (secondary N) is 2. The molecule has 3 rings (SSSR count). The Bertz CT molecular complexity index is 1490. The number of benzene rings is 3. The molecule has 0 aliphatic rings. The molecule has 0 radical (unpaired) electrons. The first-order valence-electron chi connectivity index (χ1n) is 13.7. The Balaban J connectivity index is 1.75. The quantitative estimate of drug-likeness (QED) is 0.313. The van der Waals surface area contributed by atoms with E-state index in [-0.39, 0.29) is 29.5 Å². The number of esters is 2. The highest BCUT2D eigenvalue weighted by Gasteiger charge is 2.26. The van der Waals surface area contributed by atoms with Crippen LogP contribution in [-0.4, -0.2) is 69.2 Å². The lowest BCUT2D eigenvalue weighted by atomic mass is 10.2. The predicted molar refractivity (Wildman–Crippen MR) is 165 cm³/mol. The molecule has 3 aromatic rings. The van der Waals surface area contributed by atoms with Crippen LogP contribution in [0.1, 0.15) is 31.1 Å². The first kappa shape index (κ1) is 33.1.